The molecule has 0 fully saturated rings. The van der Waals surface area contributed by atoms with E-state index in [1.807, 2.05) is 24.3 Å². The van der Waals surface area contributed by atoms with Crippen LogP contribution in [0.5, 0.6) is 5.75 Å². The van der Waals surface area contributed by atoms with E-state index in [4.69, 9.17) is 21.4 Å². The molecule has 0 aliphatic heterocycles. The molecule has 0 saturated carbocycles. The average Bonchev–Trinajstić information content (AvgIpc) is 2.46. The molecule has 0 radical (unpaired) electrons. The van der Waals surface area contributed by atoms with Gasteiger partial charge in [-0.05, 0) is 42.0 Å². The van der Waals surface area contributed by atoms with Crippen LogP contribution in [0.15, 0.2) is 53.4 Å². The molecule has 2 rings (SSSR count). The first-order valence-corrected chi connectivity index (χ1v) is 7.82. The van der Waals surface area contributed by atoms with Crippen molar-refractivity contribution in [2.75, 3.05) is 12.4 Å². The standard InChI is InChI=1S/C16H15ClO3S/c17-13-3-7-15(8-4-13)21-10-9-20-14-5-1-12(2-6-14)11-16(18)19/h1-8H,9-11H2,(H,18,19). The molecule has 3 nitrogen and oxygen atoms in total. The van der Waals surface area contributed by atoms with Crippen molar-refractivity contribution in [1.29, 1.82) is 0 Å². The molecule has 1 N–H and O–H groups in total. The molecule has 110 valence electrons. The Labute approximate surface area is 132 Å². The molecule has 5 heteroatoms. The summed E-state index contributed by atoms with van der Waals surface area (Å²) in [4.78, 5) is 11.7. The highest BCUT2D eigenvalue weighted by Gasteiger charge is 2.01. The van der Waals surface area contributed by atoms with E-state index >= 15 is 0 Å². The van der Waals surface area contributed by atoms with Crippen molar-refractivity contribution in [3.8, 4) is 5.75 Å². The van der Waals surface area contributed by atoms with Gasteiger partial charge in [0.25, 0.3) is 0 Å². The molecule has 0 bridgehead atoms. The van der Waals surface area contributed by atoms with Gasteiger partial charge in [-0.3, -0.25) is 4.79 Å². The van der Waals surface area contributed by atoms with Gasteiger partial charge in [-0.2, -0.15) is 0 Å². The molecular formula is C16H15ClO3S. The lowest BCUT2D eigenvalue weighted by Gasteiger charge is -2.07. The van der Waals surface area contributed by atoms with E-state index in [1.165, 1.54) is 0 Å². The summed E-state index contributed by atoms with van der Waals surface area (Å²) >= 11 is 7.53. The first kappa shape index (κ1) is 15.7. The maximum Gasteiger partial charge on any atom is 0.307 e. The summed E-state index contributed by atoms with van der Waals surface area (Å²) in [6.45, 7) is 0.589. The van der Waals surface area contributed by atoms with Crippen LogP contribution >= 0.6 is 23.4 Å². The highest BCUT2D eigenvalue weighted by molar-refractivity contribution is 7.99. The zero-order valence-corrected chi connectivity index (χ0v) is 12.9. The summed E-state index contributed by atoms with van der Waals surface area (Å²) < 4.78 is 5.62. The summed E-state index contributed by atoms with van der Waals surface area (Å²) in [6.07, 6.45) is 0.0344. The number of aliphatic carboxylic acids is 1. The molecule has 0 unspecified atom stereocenters. The normalized spacial score (nSPS) is 10.3. The van der Waals surface area contributed by atoms with Gasteiger partial charge in [0.05, 0.1) is 13.0 Å². The smallest absolute Gasteiger partial charge is 0.307 e. The largest absolute Gasteiger partial charge is 0.493 e. The first-order valence-electron chi connectivity index (χ1n) is 6.45. The number of ether oxygens (including phenoxy) is 1. The molecule has 0 heterocycles. The van der Waals surface area contributed by atoms with Crippen LogP contribution in [0.25, 0.3) is 0 Å². The van der Waals surface area contributed by atoms with Crippen molar-refractivity contribution < 1.29 is 14.6 Å². The second-order valence-corrected chi connectivity index (χ2v) is 5.97. The number of carbonyl (C=O) groups is 1. The molecule has 0 aliphatic carbocycles. The maximum atomic E-state index is 10.6. The lowest BCUT2D eigenvalue weighted by Crippen LogP contribution is -2.02. The fraction of sp³-hybridized carbons (Fsp3) is 0.188. The van der Waals surface area contributed by atoms with Crippen LogP contribution in [0.1, 0.15) is 5.56 Å². The van der Waals surface area contributed by atoms with Gasteiger partial charge < -0.3 is 9.84 Å². The van der Waals surface area contributed by atoms with Gasteiger partial charge in [0.2, 0.25) is 0 Å². The van der Waals surface area contributed by atoms with E-state index in [2.05, 4.69) is 0 Å². The van der Waals surface area contributed by atoms with Gasteiger partial charge in [-0.1, -0.05) is 23.7 Å². The predicted octanol–water partition coefficient (Wildman–Crippen LogP) is 4.14. The van der Waals surface area contributed by atoms with Crippen molar-refractivity contribution in [2.45, 2.75) is 11.3 Å². The second-order valence-electron chi connectivity index (χ2n) is 4.37. The Hall–Kier alpha value is -1.65. The van der Waals surface area contributed by atoms with Crippen LogP contribution in [-0.2, 0) is 11.2 Å². The molecule has 0 saturated heterocycles. The number of hydrogen-bond acceptors (Lipinski definition) is 3. The zero-order valence-electron chi connectivity index (χ0n) is 11.3. The molecular weight excluding hydrogens is 308 g/mol. The Balaban J connectivity index is 1.73. The fourth-order valence-corrected chi connectivity index (χ4v) is 2.58. The molecule has 0 atom stereocenters. The van der Waals surface area contributed by atoms with Crippen LogP contribution in [0, 0.1) is 0 Å². The summed E-state index contributed by atoms with van der Waals surface area (Å²) in [5, 5.41) is 9.43. The number of benzene rings is 2. The summed E-state index contributed by atoms with van der Waals surface area (Å²) in [5.74, 6) is 0.752. The minimum Gasteiger partial charge on any atom is -0.493 e. The van der Waals surface area contributed by atoms with E-state index in [0.717, 1.165) is 27.0 Å². The average molecular weight is 323 g/mol. The summed E-state index contributed by atoms with van der Waals surface area (Å²) in [6, 6.07) is 14.8. The van der Waals surface area contributed by atoms with E-state index in [-0.39, 0.29) is 6.42 Å². The third-order valence-electron chi connectivity index (χ3n) is 2.71. The van der Waals surface area contributed by atoms with Gasteiger partial charge >= 0.3 is 5.97 Å². The number of hydrogen-bond donors (Lipinski definition) is 1. The summed E-state index contributed by atoms with van der Waals surface area (Å²) in [5.41, 5.74) is 0.769. The highest BCUT2D eigenvalue weighted by Crippen LogP contribution is 2.20. The predicted molar refractivity (Wildman–Crippen MR) is 85.5 cm³/mol. The van der Waals surface area contributed by atoms with Gasteiger partial charge in [0, 0.05) is 15.7 Å². The Morgan fingerprint density at radius 2 is 1.76 bits per heavy atom. The van der Waals surface area contributed by atoms with Crippen LogP contribution in [0.2, 0.25) is 5.02 Å². The van der Waals surface area contributed by atoms with Gasteiger partial charge in [0.15, 0.2) is 0 Å². The minimum atomic E-state index is -0.831. The Morgan fingerprint density at radius 1 is 1.10 bits per heavy atom. The highest BCUT2D eigenvalue weighted by atomic mass is 35.5. The Kier molecular flexibility index (Phi) is 5.96. The van der Waals surface area contributed by atoms with Crippen molar-refractivity contribution in [2.24, 2.45) is 0 Å². The van der Waals surface area contributed by atoms with E-state index in [1.54, 1.807) is 36.0 Å². The van der Waals surface area contributed by atoms with Crippen LogP contribution in [-0.4, -0.2) is 23.4 Å². The second kappa shape index (κ2) is 7.96. The lowest BCUT2D eigenvalue weighted by molar-refractivity contribution is -0.136. The monoisotopic (exact) mass is 322 g/mol. The molecule has 2 aromatic rings. The fourth-order valence-electron chi connectivity index (χ4n) is 1.73. The van der Waals surface area contributed by atoms with E-state index in [0.29, 0.717) is 6.61 Å². The Bertz CT molecular complexity index is 581. The Morgan fingerprint density at radius 3 is 2.38 bits per heavy atom. The topological polar surface area (TPSA) is 46.5 Å². The molecule has 0 spiro atoms. The molecule has 21 heavy (non-hydrogen) atoms. The third-order valence-corrected chi connectivity index (χ3v) is 3.94. The number of thioether (sulfide) groups is 1. The van der Waals surface area contributed by atoms with Crippen molar-refractivity contribution in [3.05, 3.63) is 59.1 Å². The van der Waals surface area contributed by atoms with Crippen LogP contribution in [0.3, 0.4) is 0 Å². The van der Waals surface area contributed by atoms with Crippen LogP contribution < -0.4 is 4.74 Å². The van der Waals surface area contributed by atoms with Gasteiger partial charge in [0.1, 0.15) is 5.75 Å². The van der Waals surface area contributed by atoms with Crippen molar-refractivity contribution >= 4 is 29.3 Å². The van der Waals surface area contributed by atoms with E-state index in [9.17, 15) is 4.79 Å². The molecule has 2 aromatic carbocycles. The molecule has 0 aromatic heterocycles. The van der Waals surface area contributed by atoms with Crippen molar-refractivity contribution in [3.63, 3.8) is 0 Å². The minimum absolute atomic E-state index is 0.0344. The number of halogens is 1. The number of rotatable bonds is 7. The third kappa shape index (κ3) is 5.69. The molecule has 0 aliphatic rings. The zero-order chi connectivity index (χ0) is 15.1. The van der Waals surface area contributed by atoms with Gasteiger partial charge in [-0.15, -0.1) is 11.8 Å². The van der Waals surface area contributed by atoms with Crippen molar-refractivity contribution in [1.82, 2.24) is 0 Å². The molecule has 0 amide bonds. The van der Waals surface area contributed by atoms with Gasteiger partial charge in [-0.25, -0.2) is 0 Å². The SMILES string of the molecule is O=C(O)Cc1ccc(OCCSc2ccc(Cl)cc2)cc1. The van der Waals surface area contributed by atoms with E-state index < -0.39 is 5.97 Å². The lowest BCUT2D eigenvalue weighted by atomic mass is 10.1. The van der Waals surface area contributed by atoms with Crippen LogP contribution in [0.4, 0.5) is 0 Å². The first-order chi connectivity index (χ1) is 10.1. The number of carboxylic acids is 1. The quantitative estimate of drug-likeness (QED) is 0.615. The maximum absolute atomic E-state index is 10.6. The summed E-state index contributed by atoms with van der Waals surface area (Å²) in [7, 11) is 0. The number of carboxylic acid groups (broad SMARTS) is 1.